The van der Waals surface area contributed by atoms with E-state index in [0.29, 0.717) is 32.6 Å². The molecule has 0 bridgehead atoms. The molecule has 0 saturated carbocycles. The van der Waals surface area contributed by atoms with E-state index >= 15 is 0 Å². The Labute approximate surface area is 276 Å². The number of ether oxygens (including phenoxy) is 2. The molecule has 47 heavy (non-hydrogen) atoms. The van der Waals surface area contributed by atoms with E-state index in [1.54, 1.807) is 31.2 Å². The Morgan fingerprint density at radius 1 is 1.00 bits per heavy atom. The quantitative estimate of drug-likeness (QED) is 0.173. The molecule has 1 aromatic heterocycles. The summed E-state index contributed by atoms with van der Waals surface area (Å²) in [6, 6.07) is 18.1. The first-order chi connectivity index (χ1) is 22.4. The van der Waals surface area contributed by atoms with Gasteiger partial charge in [0.05, 0.1) is 33.7 Å². The number of carbonyl (C=O) groups excluding carboxylic acids is 4. The number of nitrogens with two attached hydrogens (primary N) is 1. The van der Waals surface area contributed by atoms with Crippen LogP contribution in [-0.2, 0) is 29.1 Å². The van der Waals surface area contributed by atoms with Crippen LogP contribution in [0, 0.1) is 5.92 Å². The molecule has 13 nitrogen and oxygen atoms in total. The molecular formula is C31H26N4O9S3. The van der Waals surface area contributed by atoms with Crippen LogP contribution in [0.4, 0.5) is 11.4 Å². The number of rotatable bonds is 9. The Balaban J connectivity index is 1.23. The summed E-state index contributed by atoms with van der Waals surface area (Å²) in [4.78, 5) is 68.9. The van der Waals surface area contributed by atoms with Crippen molar-refractivity contribution >= 4 is 68.2 Å². The Hall–Kier alpha value is -4.77. The molecule has 16 heteroatoms. The van der Waals surface area contributed by atoms with Crippen molar-refractivity contribution in [1.29, 1.82) is 0 Å². The van der Waals surface area contributed by atoms with Crippen molar-refractivity contribution in [2.45, 2.75) is 28.0 Å². The number of aromatic amines is 1. The van der Waals surface area contributed by atoms with Crippen LogP contribution in [0.15, 0.2) is 87.5 Å². The zero-order valence-electron chi connectivity index (χ0n) is 24.5. The van der Waals surface area contributed by atoms with E-state index in [0.717, 1.165) is 28.0 Å². The molecule has 3 aromatic carbocycles. The first kappa shape index (κ1) is 32.2. The van der Waals surface area contributed by atoms with E-state index < -0.39 is 50.8 Å². The van der Waals surface area contributed by atoms with E-state index in [2.05, 4.69) is 10.3 Å². The fourth-order valence-corrected chi connectivity index (χ4v) is 8.49. The van der Waals surface area contributed by atoms with Crippen molar-refractivity contribution < 1.29 is 37.1 Å². The van der Waals surface area contributed by atoms with Crippen LogP contribution >= 0.6 is 23.1 Å². The molecule has 0 spiro atoms. The highest BCUT2D eigenvalue weighted by Gasteiger charge is 2.56. The number of esters is 1. The number of benzene rings is 3. The van der Waals surface area contributed by atoms with Crippen LogP contribution in [0.5, 0.6) is 5.75 Å². The highest BCUT2D eigenvalue weighted by atomic mass is 32.2. The molecule has 3 atom stereocenters. The van der Waals surface area contributed by atoms with Crippen LogP contribution in [0.2, 0.25) is 0 Å². The molecule has 6 rings (SSSR count). The second kappa shape index (κ2) is 12.8. The normalized spacial score (nSPS) is 18.8. The maximum Gasteiger partial charge on any atom is 0.338 e. The van der Waals surface area contributed by atoms with Crippen LogP contribution < -0.4 is 25.0 Å². The minimum Gasteiger partial charge on any atom is -0.484 e. The summed E-state index contributed by atoms with van der Waals surface area (Å²) in [6.07, 6.45) is 0. The number of hydrogen-bond donors (Lipinski definition) is 3. The smallest absolute Gasteiger partial charge is 0.338 e. The van der Waals surface area contributed by atoms with Gasteiger partial charge in [-0.3, -0.25) is 19.2 Å². The molecule has 2 aliphatic heterocycles. The van der Waals surface area contributed by atoms with Gasteiger partial charge in [0, 0.05) is 16.5 Å². The molecular weight excluding hydrogens is 669 g/mol. The van der Waals surface area contributed by atoms with E-state index in [-0.39, 0.29) is 28.5 Å². The molecule has 3 amide bonds. The van der Waals surface area contributed by atoms with E-state index in [1.165, 1.54) is 48.5 Å². The third-order valence-corrected chi connectivity index (χ3v) is 10.8. The van der Waals surface area contributed by atoms with Gasteiger partial charge in [-0.05, 0) is 73.2 Å². The van der Waals surface area contributed by atoms with Crippen molar-refractivity contribution in [2.75, 3.05) is 23.4 Å². The lowest BCUT2D eigenvalue weighted by Crippen LogP contribution is -2.32. The van der Waals surface area contributed by atoms with E-state index in [1.807, 2.05) is 0 Å². The number of carbonyl (C=O) groups is 4. The number of H-pyrrole nitrogens is 1. The van der Waals surface area contributed by atoms with Gasteiger partial charge in [-0.25, -0.2) is 23.3 Å². The minimum atomic E-state index is -3.88. The Morgan fingerprint density at radius 2 is 1.72 bits per heavy atom. The maximum absolute atomic E-state index is 14.0. The van der Waals surface area contributed by atoms with Crippen molar-refractivity contribution in [3.8, 4) is 5.75 Å². The van der Waals surface area contributed by atoms with Crippen molar-refractivity contribution in [2.24, 2.45) is 11.1 Å². The molecule has 4 aromatic rings. The van der Waals surface area contributed by atoms with Gasteiger partial charge in [0.25, 0.3) is 5.91 Å². The Kier molecular flexibility index (Phi) is 8.76. The van der Waals surface area contributed by atoms with Crippen LogP contribution in [-0.4, -0.2) is 55.6 Å². The summed E-state index contributed by atoms with van der Waals surface area (Å²) in [7, 11) is -3.88. The molecule has 1 fully saturated rings. The third-order valence-electron chi connectivity index (χ3n) is 7.51. The predicted molar refractivity (Wildman–Crippen MR) is 173 cm³/mol. The predicted octanol–water partition coefficient (Wildman–Crippen LogP) is 3.07. The average molecular weight is 695 g/mol. The molecule has 242 valence electrons. The van der Waals surface area contributed by atoms with Crippen molar-refractivity contribution in [3.63, 3.8) is 0 Å². The minimum absolute atomic E-state index is 0.0972. The molecule has 3 heterocycles. The number of sulfonamides is 1. The summed E-state index contributed by atoms with van der Waals surface area (Å²) in [6.45, 7) is 1.51. The summed E-state index contributed by atoms with van der Waals surface area (Å²) >= 11 is 2.10. The second-order valence-electron chi connectivity index (χ2n) is 10.5. The lowest BCUT2D eigenvalue weighted by molar-refractivity contribution is -0.122. The van der Waals surface area contributed by atoms with Crippen LogP contribution in [0.3, 0.4) is 0 Å². The number of thiazole rings is 1. The van der Waals surface area contributed by atoms with E-state index in [9.17, 15) is 32.4 Å². The fourth-order valence-electron chi connectivity index (χ4n) is 5.46. The number of imide groups is 1. The molecule has 1 saturated heterocycles. The Morgan fingerprint density at radius 3 is 2.40 bits per heavy atom. The van der Waals surface area contributed by atoms with Crippen molar-refractivity contribution in [3.05, 3.63) is 98.5 Å². The number of amides is 3. The zero-order chi connectivity index (χ0) is 33.5. The number of nitrogens with zero attached hydrogens (tertiary/aromatic N) is 1. The average Bonchev–Trinajstić information content (AvgIpc) is 3.54. The first-order valence-corrected chi connectivity index (χ1v) is 17.4. The summed E-state index contributed by atoms with van der Waals surface area (Å²) in [5, 5.41) is 7.39. The standard InChI is InChI=1S/C31H26N4O9S3/c1-2-43-30(39)16-6-10-19(11-7-16)35-28(37)24-23(25-27(34-31(40)46-25)45-26(24)29(35)38)17-4-3-5-20(14-17)44-15-22(36)33-18-8-12-21(13-9-18)47(32,41)42/h3-14,23-24,26H,2,15H2,1H3,(H,33,36)(H,34,40)(H2,32,41,42). The van der Waals surface area contributed by atoms with Gasteiger partial charge in [0.15, 0.2) is 6.61 Å². The largest absolute Gasteiger partial charge is 0.484 e. The Bertz CT molecular complexity index is 2060. The number of thioether (sulfide) groups is 1. The first-order valence-electron chi connectivity index (χ1n) is 14.1. The number of nitrogens with one attached hydrogen (secondary N) is 2. The SMILES string of the molecule is CCOC(=O)c1ccc(N2C(=O)C3Sc4[nH]c(=O)sc4C(c4cccc(OCC(=O)Nc5ccc(S(N)(=O)=O)cc5)c4)C3C2=O)cc1. The lowest BCUT2D eigenvalue weighted by Gasteiger charge is -2.30. The van der Waals surface area contributed by atoms with Crippen LogP contribution in [0.1, 0.15) is 33.6 Å². The number of hydrogen-bond acceptors (Lipinski definition) is 11. The summed E-state index contributed by atoms with van der Waals surface area (Å²) in [5.74, 6) is -3.14. The lowest BCUT2D eigenvalue weighted by atomic mass is 9.83. The maximum atomic E-state index is 14.0. The van der Waals surface area contributed by atoms with Gasteiger partial charge in [0.1, 0.15) is 11.0 Å². The highest BCUT2D eigenvalue weighted by molar-refractivity contribution is 8.00. The molecule has 2 aliphatic rings. The molecule has 4 N–H and O–H groups in total. The molecule has 3 unspecified atom stereocenters. The van der Waals surface area contributed by atoms with Crippen LogP contribution in [0.25, 0.3) is 0 Å². The fraction of sp³-hybridized carbons (Fsp3) is 0.194. The number of primary sulfonamides is 1. The second-order valence-corrected chi connectivity index (χ2v) is 14.2. The van der Waals surface area contributed by atoms with Crippen molar-refractivity contribution in [1.82, 2.24) is 4.98 Å². The topological polar surface area (TPSA) is 195 Å². The van der Waals surface area contributed by atoms with Gasteiger partial charge >= 0.3 is 10.8 Å². The van der Waals surface area contributed by atoms with Gasteiger partial charge in [-0.1, -0.05) is 35.2 Å². The van der Waals surface area contributed by atoms with E-state index in [4.69, 9.17) is 14.6 Å². The number of aromatic nitrogens is 1. The summed E-state index contributed by atoms with van der Waals surface area (Å²) < 4.78 is 33.7. The number of anilines is 2. The van der Waals surface area contributed by atoms with Gasteiger partial charge in [-0.15, -0.1) is 0 Å². The van der Waals surface area contributed by atoms with Gasteiger partial charge in [-0.2, -0.15) is 0 Å². The van der Waals surface area contributed by atoms with Gasteiger partial charge < -0.3 is 19.8 Å². The molecule has 0 aliphatic carbocycles. The summed E-state index contributed by atoms with van der Waals surface area (Å²) in [5.41, 5.74) is 1.53. The number of fused-ring (bicyclic) bond motifs is 2. The van der Waals surface area contributed by atoms with Gasteiger partial charge in [0.2, 0.25) is 21.8 Å². The monoisotopic (exact) mass is 694 g/mol. The molecule has 0 radical (unpaired) electrons. The third kappa shape index (κ3) is 6.44. The highest BCUT2D eigenvalue weighted by Crippen LogP contribution is 2.53. The zero-order valence-corrected chi connectivity index (χ0v) is 26.9.